The van der Waals surface area contributed by atoms with Crippen LogP contribution in [0.25, 0.3) is 0 Å². The van der Waals surface area contributed by atoms with Crippen LogP contribution in [0.15, 0.2) is 16.5 Å². The molecule has 0 unspecified atom stereocenters. The minimum atomic E-state index is 0.475. The molecule has 0 bridgehead atoms. The predicted molar refractivity (Wildman–Crippen MR) is 58.9 cm³/mol. The van der Waals surface area contributed by atoms with E-state index in [1.807, 2.05) is 0 Å². The van der Waals surface area contributed by atoms with Crippen molar-refractivity contribution in [3.8, 4) is 0 Å². The number of hydrogen-bond acceptors (Lipinski definition) is 3. The molecule has 0 N–H and O–H groups in total. The summed E-state index contributed by atoms with van der Waals surface area (Å²) in [6.07, 6.45) is 0. The lowest BCUT2D eigenvalue weighted by atomic mass is 10.2. The second-order valence-electron chi connectivity index (χ2n) is 4.35. The number of rotatable bonds is 3. The first-order valence-corrected chi connectivity index (χ1v) is 5.64. The van der Waals surface area contributed by atoms with E-state index in [1.165, 1.54) is 0 Å². The maximum absolute atomic E-state index is 5.77. The topological polar surface area (TPSA) is 25.6 Å². The minimum Gasteiger partial charge on any atom is -0.464 e. The summed E-state index contributed by atoms with van der Waals surface area (Å²) in [6, 6.07) is 4.17. The van der Waals surface area contributed by atoms with E-state index in [1.54, 1.807) is 0 Å². The molecule has 0 aliphatic carbocycles. The highest BCUT2D eigenvalue weighted by Gasteiger charge is 2.13. The number of ether oxygens (including phenoxy) is 1. The molecule has 1 aromatic heterocycles. The van der Waals surface area contributed by atoms with Gasteiger partial charge in [0.15, 0.2) is 0 Å². The van der Waals surface area contributed by atoms with Gasteiger partial charge in [-0.1, -0.05) is 13.8 Å². The molecule has 0 spiro atoms. The van der Waals surface area contributed by atoms with Crippen molar-refractivity contribution in [2.75, 3.05) is 26.3 Å². The first-order chi connectivity index (χ1) is 7.25. The van der Waals surface area contributed by atoms with E-state index in [-0.39, 0.29) is 0 Å². The molecule has 0 radical (unpaired) electrons. The van der Waals surface area contributed by atoms with Gasteiger partial charge in [0.05, 0.1) is 19.8 Å². The zero-order valence-corrected chi connectivity index (χ0v) is 9.53. The van der Waals surface area contributed by atoms with Gasteiger partial charge in [-0.15, -0.1) is 0 Å². The lowest BCUT2D eigenvalue weighted by Crippen LogP contribution is -2.35. The first kappa shape index (κ1) is 10.7. The quantitative estimate of drug-likeness (QED) is 0.763. The molecule has 3 heteroatoms. The second kappa shape index (κ2) is 4.81. The summed E-state index contributed by atoms with van der Waals surface area (Å²) in [5, 5.41) is 0. The monoisotopic (exact) mass is 209 g/mol. The molecule has 1 saturated heterocycles. The average Bonchev–Trinajstić information content (AvgIpc) is 2.68. The standard InChI is InChI=1S/C12H19NO2/c1-10(2)12-4-3-11(15-12)9-13-5-7-14-8-6-13/h3-4,10H,5-9H2,1-2H3. The highest BCUT2D eigenvalue weighted by Crippen LogP contribution is 2.18. The molecular formula is C12H19NO2. The van der Waals surface area contributed by atoms with Gasteiger partial charge in [0.2, 0.25) is 0 Å². The van der Waals surface area contributed by atoms with Gasteiger partial charge in [-0.25, -0.2) is 0 Å². The van der Waals surface area contributed by atoms with Crippen LogP contribution in [-0.2, 0) is 11.3 Å². The van der Waals surface area contributed by atoms with Gasteiger partial charge in [0.25, 0.3) is 0 Å². The van der Waals surface area contributed by atoms with Gasteiger partial charge in [0, 0.05) is 19.0 Å². The average molecular weight is 209 g/mol. The van der Waals surface area contributed by atoms with E-state index >= 15 is 0 Å². The Morgan fingerprint density at radius 3 is 2.60 bits per heavy atom. The Labute approximate surface area is 91.0 Å². The van der Waals surface area contributed by atoms with Crippen LogP contribution in [0.4, 0.5) is 0 Å². The molecule has 1 fully saturated rings. The third-order valence-corrected chi connectivity index (χ3v) is 2.73. The molecule has 0 amide bonds. The Bertz CT molecular complexity index is 300. The molecule has 2 rings (SSSR count). The van der Waals surface area contributed by atoms with Crippen molar-refractivity contribution in [2.45, 2.75) is 26.3 Å². The third kappa shape index (κ3) is 2.83. The van der Waals surface area contributed by atoms with Crippen LogP contribution >= 0.6 is 0 Å². The SMILES string of the molecule is CC(C)c1ccc(CN2CCOCC2)o1. The predicted octanol–water partition coefficient (Wildman–Crippen LogP) is 2.24. The van der Waals surface area contributed by atoms with Crippen LogP contribution in [0, 0.1) is 0 Å². The molecule has 84 valence electrons. The van der Waals surface area contributed by atoms with Crippen LogP contribution in [0.3, 0.4) is 0 Å². The molecule has 0 aromatic carbocycles. The Morgan fingerprint density at radius 2 is 2.00 bits per heavy atom. The maximum atomic E-state index is 5.77. The van der Waals surface area contributed by atoms with Crippen molar-refractivity contribution in [1.82, 2.24) is 4.90 Å². The van der Waals surface area contributed by atoms with Crippen molar-refractivity contribution < 1.29 is 9.15 Å². The summed E-state index contributed by atoms with van der Waals surface area (Å²) in [5.41, 5.74) is 0. The van der Waals surface area contributed by atoms with E-state index < -0.39 is 0 Å². The molecule has 1 aliphatic heterocycles. The Kier molecular flexibility index (Phi) is 3.44. The fraction of sp³-hybridized carbons (Fsp3) is 0.667. The summed E-state index contributed by atoms with van der Waals surface area (Å²) >= 11 is 0. The van der Waals surface area contributed by atoms with Crippen molar-refractivity contribution >= 4 is 0 Å². The van der Waals surface area contributed by atoms with Crippen molar-refractivity contribution in [1.29, 1.82) is 0 Å². The van der Waals surface area contributed by atoms with Gasteiger partial charge in [0.1, 0.15) is 11.5 Å². The lowest BCUT2D eigenvalue weighted by Gasteiger charge is -2.25. The van der Waals surface area contributed by atoms with E-state index in [9.17, 15) is 0 Å². The number of furan rings is 1. The van der Waals surface area contributed by atoms with Crippen LogP contribution in [-0.4, -0.2) is 31.2 Å². The van der Waals surface area contributed by atoms with E-state index in [2.05, 4.69) is 30.9 Å². The summed E-state index contributed by atoms with van der Waals surface area (Å²) < 4.78 is 11.1. The molecule has 3 nitrogen and oxygen atoms in total. The first-order valence-electron chi connectivity index (χ1n) is 5.64. The molecule has 1 aliphatic rings. The Hall–Kier alpha value is -0.800. The number of nitrogens with zero attached hydrogens (tertiary/aromatic N) is 1. The van der Waals surface area contributed by atoms with Crippen LogP contribution < -0.4 is 0 Å². The largest absolute Gasteiger partial charge is 0.464 e. The highest BCUT2D eigenvalue weighted by molar-refractivity contribution is 5.10. The fourth-order valence-corrected chi connectivity index (χ4v) is 1.77. The zero-order chi connectivity index (χ0) is 10.7. The van der Waals surface area contributed by atoms with Gasteiger partial charge in [-0.05, 0) is 12.1 Å². The molecule has 0 atom stereocenters. The summed E-state index contributed by atoms with van der Waals surface area (Å²) in [4.78, 5) is 2.37. The Balaban J connectivity index is 1.91. The molecule has 15 heavy (non-hydrogen) atoms. The smallest absolute Gasteiger partial charge is 0.118 e. The van der Waals surface area contributed by atoms with E-state index in [4.69, 9.17) is 9.15 Å². The molecule has 1 aromatic rings. The van der Waals surface area contributed by atoms with E-state index in [0.29, 0.717) is 5.92 Å². The van der Waals surface area contributed by atoms with Gasteiger partial charge < -0.3 is 9.15 Å². The van der Waals surface area contributed by atoms with Gasteiger partial charge in [-0.3, -0.25) is 4.90 Å². The second-order valence-corrected chi connectivity index (χ2v) is 4.35. The van der Waals surface area contributed by atoms with Gasteiger partial charge >= 0.3 is 0 Å². The fourth-order valence-electron chi connectivity index (χ4n) is 1.77. The Morgan fingerprint density at radius 1 is 1.27 bits per heavy atom. The zero-order valence-electron chi connectivity index (χ0n) is 9.53. The molecule has 2 heterocycles. The van der Waals surface area contributed by atoms with Gasteiger partial charge in [-0.2, -0.15) is 0 Å². The third-order valence-electron chi connectivity index (χ3n) is 2.73. The summed E-state index contributed by atoms with van der Waals surface area (Å²) in [7, 11) is 0. The minimum absolute atomic E-state index is 0.475. The highest BCUT2D eigenvalue weighted by atomic mass is 16.5. The van der Waals surface area contributed by atoms with E-state index in [0.717, 1.165) is 44.4 Å². The lowest BCUT2D eigenvalue weighted by molar-refractivity contribution is 0.0311. The molecule has 0 saturated carbocycles. The maximum Gasteiger partial charge on any atom is 0.118 e. The van der Waals surface area contributed by atoms with Crippen LogP contribution in [0.1, 0.15) is 31.3 Å². The van der Waals surface area contributed by atoms with Crippen LogP contribution in [0.5, 0.6) is 0 Å². The van der Waals surface area contributed by atoms with Crippen LogP contribution in [0.2, 0.25) is 0 Å². The number of morpholine rings is 1. The normalized spacial score (nSPS) is 18.6. The van der Waals surface area contributed by atoms with Crippen molar-refractivity contribution in [3.63, 3.8) is 0 Å². The number of hydrogen-bond donors (Lipinski definition) is 0. The van der Waals surface area contributed by atoms with Crippen molar-refractivity contribution in [2.24, 2.45) is 0 Å². The summed E-state index contributed by atoms with van der Waals surface area (Å²) in [6.45, 7) is 8.93. The summed E-state index contributed by atoms with van der Waals surface area (Å²) in [5.74, 6) is 2.63. The van der Waals surface area contributed by atoms with Crippen molar-refractivity contribution in [3.05, 3.63) is 23.7 Å². The molecular weight excluding hydrogens is 190 g/mol.